The van der Waals surface area contributed by atoms with E-state index in [0.29, 0.717) is 4.83 Å². The van der Waals surface area contributed by atoms with Crippen LogP contribution in [0, 0.1) is 0 Å². The minimum Gasteiger partial charge on any atom is -0.330 e. The van der Waals surface area contributed by atoms with Crippen LogP contribution in [-0.4, -0.2) is 17.4 Å². The second-order valence-corrected chi connectivity index (χ2v) is 6.55. The maximum Gasteiger partial charge on any atom is 0.0309 e. The van der Waals surface area contributed by atoms with Crippen molar-refractivity contribution >= 4 is 15.9 Å². The van der Waals surface area contributed by atoms with Crippen molar-refractivity contribution in [3.8, 4) is 0 Å². The van der Waals surface area contributed by atoms with Crippen LogP contribution >= 0.6 is 15.9 Å². The van der Waals surface area contributed by atoms with Gasteiger partial charge in [-0.15, -0.1) is 0 Å². The number of hydrogen-bond donors (Lipinski definition) is 2. The van der Waals surface area contributed by atoms with Gasteiger partial charge in [0.05, 0.1) is 0 Å². The second kappa shape index (κ2) is 13.8. The van der Waals surface area contributed by atoms with Crippen molar-refractivity contribution in [3.63, 3.8) is 0 Å². The van der Waals surface area contributed by atoms with Gasteiger partial charge in [-0.2, -0.15) is 0 Å². The van der Waals surface area contributed by atoms with Gasteiger partial charge in [0.1, 0.15) is 0 Å². The fraction of sp³-hybridized carbons (Fsp3) is 1.00. The first-order valence-electron chi connectivity index (χ1n) is 7.82. The molecule has 2 nitrogen and oxygen atoms in total. The molecule has 4 N–H and O–H groups in total. The molecule has 110 valence electrons. The fourth-order valence-corrected chi connectivity index (χ4v) is 2.77. The molecule has 0 aromatic rings. The number of rotatable bonds is 13. The molecular formula is C15H33BrN2. The lowest BCUT2D eigenvalue weighted by Gasteiger charge is -2.17. The van der Waals surface area contributed by atoms with Crippen molar-refractivity contribution in [1.29, 1.82) is 0 Å². The van der Waals surface area contributed by atoms with Gasteiger partial charge in [0.15, 0.2) is 0 Å². The smallest absolute Gasteiger partial charge is 0.0309 e. The molecule has 0 aliphatic heterocycles. The van der Waals surface area contributed by atoms with Gasteiger partial charge in [0.25, 0.3) is 0 Å². The summed E-state index contributed by atoms with van der Waals surface area (Å²) in [4.78, 5) is 0.400. The Morgan fingerprint density at radius 1 is 0.833 bits per heavy atom. The second-order valence-electron chi connectivity index (χ2n) is 5.37. The SMILES string of the molecule is CCCCCCCCCCCC(N)C(Br)CCN. The number of halogens is 1. The molecule has 0 heterocycles. The summed E-state index contributed by atoms with van der Waals surface area (Å²) in [7, 11) is 0. The van der Waals surface area contributed by atoms with Gasteiger partial charge in [-0.25, -0.2) is 0 Å². The number of alkyl halides is 1. The molecule has 0 aromatic carbocycles. The van der Waals surface area contributed by atoms with Crippen molar-refractivity contribution in [3.05, 3.63) is 0 Å². The number of hydrogen-bond acceptors (Lipinski definition) is 2. The Labute approximate surface area is 122 Å². The summed E-state index contributed by atoms with van der Waals surface area (Å²) >= 11 is 3.62. The van der Waals surface area contributed by atoms with Gasteiger partial charge >= 0.3 is 0 Å². The predicted octanol–water partition coefficient (Wildman–Crippen LogP) is 4.35. The van der Waals surface area contributed by atoms with Crippen LogP contribution < -0.4 is 11.5 Å². The van der Waals surface area contributed by atoms with Crippen molar-refractivity contribution in [2.24, 2.45) is 11.5 Å². The van der Waals surface area contributed by atoms with E-state index < -0.39 is 0 Å². The highest BCUT2D eigenvalue weighted by molar-refractivity contribution is 9.09. The largest absolute Gasteiger partial charge is 0.330 e. The van der Waals surface area contributed by atoms with Crippen LogP contribution in [-0.2, 0) is 0 Å². The molecule has 0 saturated heterocycles. The average Bonchev–Trinajstić information content (AvgIpc) is 2.36. The molecule has 0 radical (unpaired) electrons. The Morgan fingerprint density at radius 3 is 1.83 bits per heavy atom. The Morgan fingerprint density at radius 2 is 1.33 bits per heavy atom. The third-order valence-electron chi connectivity index (χ3n) is 3.55. The van der Waals surface area contributed by atoms with Crippen molar-refractivity contribution in [2.75, 3.05) is 6.54 Å². The first-order chi connectivity index (χ1) is 8.72. The summed E-state index contributed by atoms with van der Waals surface area (Å²) in [5, 5.41) is 0. The molecule has 0 aromatic heterocycles. The standard InChI is InChI=1S/C15H33BrN2/c1-2-3-4-5-6-7-8-9-10-11-15(18)14(16)12-13-17/h14-15H,2-13,17-18H2,1H3. The lowest BCUT2D eigenvalue weighted by atomic mass is 10.0. The fourth-order valence-electron chi connectivity index (χ4n) is 2.24. The van der Waals surface area contributed by atoms with E-state index in [1.165, 1.54) is 57.8 Å². The van der Waals surface area contributed by atoms with Gasteiger partial charge in [0, 0.05) is 10.9 Å². The monoisotopic (exact) mass is 320 g/mol. The third-order valence-corrected chi connectivity index (χ3v) is 4.68. The van der Waals surface area contributed by atoms with Crippen LogP contribution in [0.5, 0.6) is 0 Å². The van der Waals surface area contributed by atoms with Gasteiger partial charge in [-0.05, 0) is 19.4 Å². The zero-order chi connectivity index (χ0) is 13.6. The van der Waals surface area contributed by atoms with Crippen LogP contribution in [0.2, 0.25) is 0 Å². The summed E-state index contributed by atoms with van der Waals surface area (Å²) in [5.74, 6) is 0. The lowest BCUT2D eigenvalue weighted by molar-refractivity contribution is 0.509. The molecule has 0 rings (SSSR count). The van der Waals surface area contributed by atoms with E-state index in [4.69, 9.17) is 11.5 Å². The van der Waals surface area contributed by atoms with Gasteiger partial charge in [0.2, 0.25) is 0 Å². The summed E-state index contributed by atoms with van der Waals surface area (Å²) in [6.07, 6.45) is 14.5. The Hall–Kier alpha value is 0.400. The number of nitrogens with two attached hydrogens (primary N) is 2. The Bertz CT molecular complexity index is 165. The molecular weight excluding hydrogens is 288 g/mol. The first-order valence-corrected chi connectivity index (χ1v) is 8.73. The van der Waals surface area contributed by atoms with Crippen molar-refractivity contribution < 1.29 is 0 Å². The zero-order valence-corrected chi connectivity index (χ0v) is 13.8. The average molecular weight is 321 g/mol. The van der Waals surface area contributed by atoms with Crippen LogP contribution in [0.25, 0.3) is 0 Å². The van der Waals surface area contributed by atoms with Crippen LogP contribution in [0.1, 0.15) is 77.6 Å². The van der Waals surface area contributed by atoms with Crippen LogP contribution in [0.3, 0.4) is 0 Å². The minimum absolute atomic E-state index is 0.276. The molecule has 0 spiro atoms. The first kappa shape index (κ1) is 18.4. The van der Waals surface area contributed by atoms with E-state index in [1.54, 1.807) is 0 Å². The van der Waals surface area contributed by atoms with Crippen LogP contribution in [0.15, 0.2) is 0 Å². The molecule has 0 aliphatic rings. The highest BCUT2D eigenvalue weighted by Gasteiger charge is 2.12. The quantitative estimate of drug-likeness (QED) is 0.391. The summed E-state index contributed by atoms with van der Waals surface area (Å²) < 4.78 is 0. The zero-order valence-electron chi connectivity index (χ0n) is 12.2. The maximum atomic E-state index is 6.10. The van der Waals surface area contributed by atoms with Crippen LogP contribution in [0.4, 0.5) is 0 Å². The minimum atomic E-state index is 0.276. The third kappa shape index (κ3) is 11.5. The molecule has 0 saturated carbocycles. The highest BCUT2D eigenvalue weighted by Crippen LogP contribution is 2.15. The van der Waals surface area contributed by atoms with E-state index in [2.05, 4.69) is 22.9 Å². The van der Waals surface area contributed by atoms with Crippen molar-refractivity contribution in [2.45, 2.75) is 88.4 Å². The summed E-state index contributed by atoms with van der Waals surface area (Å²) in [6, 6.07) is 0.276. The van der Waals surface area contributed by atoms with Gasteiger partial charge in [-0.1, -0.05) is 80.6 Å². The van der Waals surface area contributed by atoms with Gasteiger partial charge in [-0.3, -0.25) is 0 Å². The van der Waals surface area contributed by atoms with E-state index >= 15 is 0 Å². The molecule has 3 heteroatoms. The normalized spacial score (nSPS) is 14.7. The predicted molar refractivity (Wildman–Crippen MR) is 86.2 cm³/mol. The van der Waals surface area contributed by atoms with E-state index in [9.17, 15) is 0 Å². The molecule has 2 unspecified atom stereocenters. The molecule has 2 atom stereocenters. The molecule has 0 amide bonds. The molecule has 0 aliphatic carbocycles. The molecule has 0 fully saturated rings. The van der Waals surface area contributed by atoms with Crippen molar-refractivity contribution in [1.82, 2.24) is 0 Å². The molecule has 0 bridgehead atoms. The van der Waals surface area contributed by atoms with E-state index in [1.807, 2.05) is 0 Å². The summed E-state index contributed by atoms with van der Waals surface area (Å²) in [6.45, 7) is 2.99. The highest BCUT2D eigenvalue weighted by atomic mass is 79.9. The Balaban J connectivity index is 3.19. The van der Waals surface area contributed by atoms with Gasteiger partial charge < -0.3 is 11.5 Å². The maximum absolute atomic E-state index is 6.10. The van der Waals surface area contributed by atoms with E-state index in [-0.39, 0.29) is 6.04 Å². The van der Waals surface area contributed by atoms with E-state index in [0.717, 1.165) is 19.4 Å². The molecule has 18 heavy (non-hydrogen) atoms. The Kier molecular flexibility index (Phi) is 14.1. The lowest BCUT2D eigenvalue weighted by Crippen LogP contribution is -2.31. The number of unbranched alkanes of at least 4 members (excludes halogenated alkanes) is 8. The topological polar surface area (TPSA) is 52.0 Å². The summed E-state index contributed by atoms with van der Waals surface area (Å²) in [5.41, 5.74) is 11.6.